The molecule has 5 heteroatoms. The van der Waals surface area contributed by atoms with E-state index in [1.807, 2.05) is 11.3 Å². The molecule has 1 aromatic heterocycles. The molecule has 4 nitrogen and oxygen atoms in total. The highest BCUT2D eigenvalue weighted by molar-refractivity contribution is 7.15. The summed E-state index contributed by atoms with van der Waals surface area (Å²) in [5.41, 5.74) is 2.53. The number of nitrogens with one attached hydrogen (secondary N) is 1. The minimum absolute atomic E-state index is 0.435. The molecule has 0 unspecified atom stereocenters. The highest BCUT2D eigenvalue weighted by Gasteiger charge is 2.17. The van der Waals surface area contributed by atoms with E-state index in [9.17, 15) is 0 Å². The molecule has 0 radical (unpaired) electrons. The second-order valence-corrected chi connectivity index (χ2v) is 7.19. The lowest BCUT2D eigenvalue weighted by molar-refractivity contribution is 0.199. The van der Waals surface area contributed by atoms with Gasteiger partial charge in [0.2, 0.25) is 0 Å². The second kappa shape index (κ2) is 9.77. The van der Waals surface area contributed by atoms with E-state index in [2.05, 4.69) is 61.3 Å². The number of rotatable bonds is 10. The first-order chi connectivity index (χ1) is 11.7. The van der Waals surface area contributed by atoms with Crippen LogP contribution in [-0.2, 0) is 17.8 Å². The number of anilines is 1. The van der Waals surface area contributed by atoms with E-state index in [0.29, 0.717) is 5.92 Å². The first-order valence-electron chi connectivity index (χ1n) is 8.63. The van der Waals surface area contributed by atoms with E-state index < -0.39 is 0 Å². The number of nitrogens with zero attached hydrogens (tertiary/aromatic N) is 2. The molecule has 1 N–H and O–H groups in total. The molecule has 0 aliphatic heterocycles. The summed E-state index contributed by atoms with van der Waals surface area (Å²) in [5.74, 6) is 0.435. The van der Waals surface area contributed by atoms with Gasteiger partial charge >= 0.3 is 0 Å². The van der Waals surface area contributed by atoms with Crippen molar-refractivity contribution in [2.24, 2.45) is 0 Å². The molecular formula is C19H29N3OS. The van der Waals surface area contributed by atoms with Gasteiger partial charge in [0.1, 0.15) is 0 Å². The second-order valence-electron chi connectivity index (χ2n) is 6.13. The number of hydrogen-bond donors (Lipinski definition) is 1. The van der Waals surface area contributed by atoms with Crippen molar-refractivity contribution in [2.45, 2.75) is 39.8 Å². The van der Waals surface area contributed by atoms with Crippen LogP contribution < -0.4 is 10.2 Å². The van der Waals surface area contributed by atoms with Crippen molar-refractivity contribution in [3.8, 4) is 0 Å². The van der Waals surface area contributed by atoms with Gasteiger partial charge in [0.25, 0.3) is 0 Å². The van der Waals surface area contributed by atoms with Gasteiger partial charge < -0.3 is 15.0 Å². The van der Waals surface area contributed by atoms with Crippen LogP contribution in [0.15, 0.2) is 30.3 Å². The van der Waals surface area contributed by atoms with Crippen molar-refractivity contribution in [2.75, 3.05) is 31.7 Å². The minimum Gasteiger partial charge on any atom is -0.383 e. The molecular weight excluding hydrogens is 318 g/mol. The van der Waals surface area contributed by atoms with E-state index in [4.69, 9.17) is 9.72 Å². The summed E-state index contributed by atoms with van der Waals surface area (Å²) in [6, 6.07) is 10.6. The zero-order chi connectivity index (χ0) is 17.4. The van der Waals surface area contributed by atoms with Crippen LogP contribution in [0.4, 0.5) is 5.13 Å². The molecule has 24 heavy (non-hydrogen) atoms. The summed E-state index contributed by atoms with van der Waals surface area (Å²) in [4.78, 5) is 8.64. The summed E-state index contributed by atoms with van der Waals surface area (Å²) < 4.78 is 5.10. The van der Waals surface area contributed by atoms with E-state index in [-0.39, 0.29) is 0 Å². The van der Waals surface area contributed by atoms with Gasteiger partial charge in [-0.15, -0.1) is 11.3 Å². The molecule has 0 fully saturated rings. The number of benzene rings is 1. The Morgan fingerprint density at radius 2 is 2.00 bits per heavy atom. The van der Waals surface area contributed by atoms with Crippen LogP contribution in [0.3, 0.4) is 0 Å². The fourth-order valence-electron chi connectivity index (χ4n) is 2.56. The third-order valence-electron chi connectivity index (χ3n) is 3.90. The number of aromatic nitrogens is 1. The molecule has 2 aromatic rings. The summed E-state index contributed by atoms with van der Waals surface area (Å²) in [6.45, 7) is 10.9. The van der Waals surface area contributed by atoms with Crippen LogP contribution in [0.25, 0.3) is 0 Å². The maximum Gasteiger partial charge on any atom is 0.186 e. The Morgan fingerprint density at radius 1 is 1.25 bits per heavy atom. The fraction of sp³-hybridized carbons (Fsp3) is 0.526. The summed E-state index contributed by atoms with van der Waals surface area (Å²) >= 11 is 1.81. The van der Waals surface area contributed by atoms with Crippen LogP contribution in [0.2, 0.25) is 0 Å². The molecule has 0 atom stereocenters. The summed E-state index contributed by atoms with van der Waals surface area (Å²) in [7, 11) is 1.73. The van der Waals surface area contributed by atoms with Gasteiger partial charge in [0, 0.05) is 38.2 Å². The van der Waals surface area contributed by atoms with E-state index in [1.54, 1.807) is 7.11 Å². The molecule has 0 amide bonds. The monoisotopic (exact) mass is 347 g/mol. The van der Waals surface area contributed by atoms with Gasteiger partial charge in [-0.3, -0.25) is 0 Å². The van der Waals surface area contributed by atoms with Crippen LogP contribution in [0.5, 0.6) is 0 Å². The van der Waals surface area contributed by atoms with Crippen LogP contribution in [0.1, 0.15) is 42.8 Å². The third-order valence-corrected chi connectivity index (χ3v) is 5.03. The number of ether oxygens (including phenoxy) is 1. The number of hydrogen-bond acceptors (Lipinski definition) is 5. The zero-order valence-electron chi connectivity index (χ0n) is 15.2. The minimum atomic E-state index is 0.435. The van der Waals surface area contributed by atoms with Gasteiger partial charge in [0.05, 0.1) is 12.3 Å². The molecule has 0 saturated carbocycles. The van der Waals surface area contributed by atoms with Crippen molar-refractivity contribution in [3.63, 3.8) is 0 Å². The van der Waals surface area contributed by atoms with Gasteiger partial charge in [0.15, 0.2) is 5.13 Å². The van der Waals surface area contributed by atoms with E-state index >= 15 is 0 Å². The molecule has 0 spiro atoms. The molecule has 2 rings (SSSR count). The summed E-state index contributed by atoms with van der Waals surface area (Å²) in [6.07, 6.45) is 0. The Bertz CT molecular complexity index is 598. The highest BCUT2D eigenvalue weighted by Crippen LogP contribution is 2.31. The van der Waals surface area contributed by atoms with Crippen molar-refractivity contribution in [1.82, 2.24) is 10.3 Å². The van der Waals surface area contributed by atoms with Gasteiger partial charge in [-0.05, 0) is 18.4 Å². The first-order valence-corrected chi connectivity index (χ1v) is 9.45. The smallest absolute Gasteiger partial charge is 0.186 e. The Kier molecular flexibility index (Phi) is 7.69. The van der Waals surface area contributed by atoms with Crippen molar-refractivity contribution in [3.05, 3.63) is 46.5 Å². The molecule has 132 valence electrons. The predicted octanol–water partition coefficient (Wildman–Crippen LogP) is 4.03. The molecule has 0 aliphatic rings. The molecule has 1 aromatic carbocycles. The standard InChI is InChI=1S/C19H29N3OS/c1-5-22(14-16-9-7-6-8-10-16)19-21-18(15(2)3)17(24-19)13-20-11-12-23-4/h6-10,15,20H,5,11-14H2,1-4H3. The van der Waals surface area contributed by atoms with Crippen LogP contribution in [-0.4, -0.2) is 31.8 Å². The van der Waals surface area contributed by atoms with E-state index in [0.717, 1.165) is 37.9 Å². The fourth-order valence-corrected chi connectivity index (χ4v) is 3.81. The van der Waals surface area contributed by atoms with Gasteiger partial charge in [-0.1, -0.05) is 44.2 Å². The Hall–Kier alpha value is -1.43. The molecule has 0 aliphatic carbocycles. The third kappa shape index (κ3) is 5.30. The topological polar surface area (TPSA) is 37.4 Å². The molecule has 0 bridgehead atoms. The number of thiazole rings is 1. The predicted molar refractivity (Wildman–Crippen MR) is 103 cm³/mol. The lowest BCUT2D eigenvalue weighted by Gasteiger charge is -2.19. The first kappa shape index (κ1) is 18.9. The lowest BCUT2D eigenvalue weighted by Crippen LogP contribution is -2.21. The number of methoxy groups -OCH3 is 1. The molecule has 0 saturated heterocycles. The average Bonchev–Trinajstić information content (AvgIpc) is 3.02. The maximum atomic E-state index is 5.10. The Morgan fingerprint density at radius 3 is 2.62 bits per heavy atom. The van der Waals surface area contributed by atoms with Crippen LogP contribution in [0, 0.1) is 0 Å². The van der Waals surface area contributed by atoms with Crippen molar-refractivity contribution >= 4 is 16.5 Å². The largest absolute Gasteiger partial charge is 0.383 e. The Balaban J connectivity index is 2.12. The quantitative estimate of drug-likeness (QED) is 0.659. The maximum absolute atomic E-state index is 5.10. The van der Waals surface area contributed by atoms with Gasteiger partial charge in [-0.25, -0.2) is 4.98 Å². The SMILES string of the molecule is CCN(Cc1ccccc1)c1nc(C(C)C)c(CNCCOC)s1. The molecule has 1 heterocycles. The van der Waals surface area contributed by atoms with E-state index in [1.165, 1.54) is 16.1 Å². The van der Waals surface area contributed by atoms with Crippen LogP contribution >= 0.6 is 11.3 Å². The summed E-state index contributed by atoms with van der Waals surface area (Å²) in [5, 5.41) is 4.56. The zero-order valence-corrected chi connectivity index (χ0v) is 16.0. The van der Waals surface area contributed by atoms with Crippen molar-refractivity contribution in [1.29, 1.82) is 0 Å². The van der Waals surface area contributed by atoms with Crippen molar-refractivity contribution < 1.29 is 4.74 Å². The highest BCUT2D eigenvalue weighted by atomic mass is 32.1. The average molecular weight is 348 g/mol. The lowest BCUT2D eigenvalue weighted by atomic mass is 10.1. The Labute approximate surface area is 149 Å². The normalized spacial score (nSPS) is 11.2. The van der Waals surface area contributed by atoms with Gasteiger partial charge in [-0.2, -0.15) is 0 Å².